The maximum atomic E-state index is 14.1. The van der Waals surface area contributed by atoms with Gasteiger partial charge in [-0.2, -0.15) is 0 Å². The van der Waals surface area contributed by atoms with Gasteiger partial charge in [-0.05, 0) is 73.0 Å². The van der Waals surface area contributed by atoms with Crippen LogP contribution in [0.1, 0.15) is 42.1 Å². The van der Waals surface area contributed by atoms with Crippen LogP contribution in [0.5, 0.6) is 11.5 Å². The number of hydrogen-bond acceptors (Lipinski definition) is 7. The molecule has 0 N–H and O–H groups in total. The van der Waals surface area contributed by atoms with Crippen molar-refractivity contribution in [1.29, 1.82) is 0 Å². The third-order valence-electron chi connectivity index (χ3n) is 7.38. The Hall–Kier alpha value is -5.28. The Bertz CT molecular complexity index is 2050. The number of esters is 1. The highest BCUT2D eigenvalue weighted by Gasteiger charge is 2.35. The number of thiazole rings is 1. The van der Waals surface area contributed by atoms with E-state index in [-0.39, 0.29) is 18.0 Å². The van der Waals surface area contributed by atoms with Crippen LogP contribution in [0.2, 0.25) is 0 Å². The predicted molar refractivity (Wildman–Crippen MR) is 176 cm³/mol. The second-order valence-electron chi connectivity index (χ2n) is 10.4. The van der Waals surface area contributed by atoms with Gasteiger partial charge >= 0.3 is 5.97 Å². The maximum absolute atomic E-state index is 14.1. The first kappa shape index (κ1) is 30.7. The number of benzene rings is 4. The minimum Gasteiger partial charge on any atom is -0.494 e. The minimum atomic E-state index is -0.773. The Morgan fingerprint density at radius 2 is 1.54 bits per heavy atom. The van der Waals surface area contributed by atoms with E-state index in [9.17, 15) is 14.0 Å². The van der Waals surface area contributed by atoms with Crippen molar-refractivity contribution in [2.45, 2.75) is 26.5 Å². The zero-order valence-electron chi connectivity index (χ0n) is 25.3. The number of nitrogens with zero attached hydrogens (tertiary/aromatic N) is 2. The zero-order valence-corrected chi connectivity index (χ0v) is 26.1. The molecule has 232 valence electrons. The fourth-order valence-corrected chi connectivity index (χ4v) is 6.23. The highest BCUT2D eigenvalue weighted by molar-refractivity contribution is 7.07. The van der Waals surface area contributed by atoms with Crippen molar-refractivity contribution in [2.24, 2.45) is 4.99 Å². The molecule has 5 aromatic rings. The van der Waals surface area contributed by atoms with Crippen molar-refractivity contribution >= 4 is 29.1 Å². The molecular weight excluding hydrogens is 603 g/mol. The largest absolute Gasteiger partial charge is 0.494 e. The summed E-state index contributed by atoms with van der Waals surface area (Å²) in [5.74, 6) is 0.505. The smallest absolute Gasteiger partial charge is 0.338 e. The second-order valence-corrected chi connectivity index (χ2v) is 11.4. The van der Waals surface area contributed by atoms with Gasteiger partial charge in [0.2, 0.25) is 0 Å². The van der Waals surface area contributed by atoms with E-state index in [0.717, 1.165) is 22.3 Å². The van der Waals surface area contributed by atoms with Crippen LogP contribution in [0.3, 0.4) is 0 Å². The summed E-state index contributed by atoms with van der Waals surface area (Å²) in [6.07, 6.45) is 1.80. The van der Waals surface area contributed by atoms with E-state index in [1.54, 1.807) is 29.7 Å². The Labute approximate surface area is 269 Å². The second kappa shape index (κ2) is 13.8. The first-order chi connectivity index (χ1) is 22.4. The van der Waals surface area contributed by atoms with E-state index in [0.29, 0.717) is 45.3 Å². The lowest BCUT2D eigenvalue weighted by Crippen LogP contribution is -2.40. The molecular formula is C37H31FN2O5S. The van der Waals surface area contributed by atoms with Crippen molar-refractivity contribution in [1.82, 2.24) is 4.57 Å². The molecule has 0 unspecified atom stereocenters. The Morgan fingerprint density at radius 1 is 0.870 bits per heavy atom. The average molecular weight is 635 g/mol. The maximum Gasteiger partial charge on any atom is 0.338 e. The van der Waals surface area contributed by atoms with E-state index < -0.39 is 12.0 Å². The molecule has 0 aliphatic carbocycles. The van der Waals surface area contributed by atoms with Crippen molar-refractivity contribution in [2.75, 3.05) is 13.2 Å². The third-order valence-corrected chi connectivity index (χ3v) is 8.36. The summed E-state index contributed by atoms with van der Waals surface area (Å²) in [7, 11) is 0. The van der Waals surface area contributed by atoms with E-state index in [4.69, 9.17) is 19.2 Å². The minimum absolute atomic E-state index is 0.175. The summed E-state index contributed by atoms with van der Waals surface area (Å²) in [6.45, 7) is 4.65. The van der Waals surface area contributed by atoms with Gasteiger partial charge in [-0.3, -0.25) is 9.36 Å². The van der Waals surface area contributed by atoms with E-state index in [1.165, 1.54) is 23.5 Å². The van der Waals surface area contributed by atoms with Gasteiger partial charge in [0.25, 0.3) is 5.56 Å². The van der Waals surface area contributed by atoms with Gasteiger partial charge in [0, 0.05) is 5.56 Å². The molecule has 1 aliphatic heterocycles. The van der Waals surface area contributed by atoms with Gasteiger partial charge in [-0.15, -0.1) is 0 Å². The van der Waals surface area contributed by atoms with E-state index >= 15 is 0 Å². The number of fused-ring (bicyclic) bond motifs is 1. The molecule has 1 atom stereocenters. The standard InChI is InChI=1S/C37H31FN2O5S/c1-3-43-29-20-14-27(15-21-29)34-32(36(42)44-4-2)33(26-8-6-5-7-9-26)39-37-40(34)35(41)31(46-37)22-24-12-18-30(19-13-24)45-23-25-10-16-28(38)17-11-25/h5-22,34H,3-4,23H2,1-2H3/b31-22-/t34-/m0/s1. The molecule has 0 fully saturated rings. The number of carbonyl (C=O) groups is 1. The van der Waals surface area contributed by atoms with Crippen LogP contribution in [-0.2, 0) is 16.1 Å². The number of aromatic nitrogens is 1. The number of rotatable bonds is 10. The van der Waals surface area contributed by atoms with Gasteiger partial charge in [-0.25, -0.2) is 14.2 Å². The van der Waals surface area contributed by atoms with Crippen LogP contribution in [0, 0.1) is 5.82 Å². The first-order valence-corrected chi connectivity index (χ1v) is 15.8. The van der Waals surface area contributed by atoms with Crippen molar-refractivity contribution in [3.05, 3.63) is 156 Å². The molecule has 46 heavy (non-hydrogen) atoms. The normalized spacial score (nSPS) is 14.4. The van der Waals surface area contributed by atoms with Crippen molar-refractivity contribution in [3.63, 3.8) is 0 Å². The predicted octanol–water partition coefficient (Wildman–Crippen LogP) is 6.05. The fraction of sp³-hybridized carbons (Fsp3) is 0.162. The highest BCUT2D eigenvalue weighted by atomic mass is 32.1. The highest BCUT2D eigenvalue weighted by Crippen LogP contribution is 2.35. The van der Waals surface area contributed by atoms with Gasteiger partial charge in [0.15, 0.2) is 4.80 Å². The molecule has 6 rings (SSSR count). The molecule has 4 aromatic carbocycles. The molecule has 0 bridgehead atoms. The number of hydrogen-bond donors (Lipinski definition) is 0. The van der Waals surface area contributed by atoms with Crippen molar-refractivity contribution in [3.8, 4) is 11.5 Å². The SMILES string of the molecule is CCOC(=O)C1=C(c2ccccc2)N=c2s/c(=C\c3ccc(OCc4ccc(F)cc4)cc3)c(=O)n2[C@H]1c1ccc(OCC)cc1. The molecule has 9 heteroatoms. The van der Waals surface area contributed by atoms with Gasteiger partial charge in [-0.1, -0.05) is 78.1 Å². The Kier molecular flexibility index (Phi) is 9.21. The molecule has 2 heterocycles. The van der Waals surface area contributed by atoms with Crippen LogP contribution in [0.15, 0.2) is 118 Å². The number of ether oxygens (including phenoxy) is 3. The van der Waals surface area contributed by atoms with Crippen LogP contribution < -0.4 is 24.4 Å². The summed E-state index contributed by atoms with van der Waals surface area (Å²) in [6, 6.07) is 29.6. The lowest BCUT2D eigenvalue weighted by molar-refractivity contribution is -0.138. The number of carbonyl (C=O) groups excluding carboxylic acids is 1. The lowest BCUT2D eigenvalue weighted by atomic mass is 9.93. The topological polar surface area (TPSA) is 79.1 Å². The molecule has 0 spiro atoms. The third kappa shape index (κ3) is 6.55. The quantitative estimate of drug-likeness (QED) is 0.175. The zero-order chi connectivity index (χ0) is 32.0. The summed E-state index contributed by atoms with van der Waals surface area (Å²) < 4.78 is 32.3. The Balaban J connectivity index is 1.42. The summed E-state index contributed by atoms with van der Waals surface area (Å²) >= 11 is 1.26. The number of halogens is 1. The lowest BCUT2D eigenvalue weighted by Gasteiger charge is -2.26. The van der Waals surface area contributed by atoms with Crippen LogP contribution >= 0.6 is 11.3 Å². The van der Waals surface area contributed by atoms with Gasteiger partial charge in [0.05, 0.1) is 35.1 Å². The van der Waals surface area contributed by atoms with E-state index in [2.05, 4.69) is 0 Å². The summed E-state index contributed by atoms with van der Waals surface area (Å²) in [5.41, 5.74) is 3.61. The Morgan fingerprint density at radius 3 is 2.22 bits per heavy atom. The summed E-state index contributed by atoms with van der Waals surface area (Å²) in [5, 5.41) is 0. The van der Waals surface area contributed by atoms with Crippen LogP contribution in [0.25, 0.3) is 11.8 Å². The molecule has 0 saturated heterocycles. The monoisotopic (exact) mass is 634 g/mol. The van der Waals surface area contributed by atoms with Gasteiger partial charge < -0.3 is 14.2 Å². The van der Waals surface area contributed by atoms with Crippen LogP contribution in [-0.4, -0.2) is 23.8 Å². The summed E-state index contributed by atoms with van der Waals surface area (Å²) in [4.78, 5) is 33.1. The fourth-order valence-electron chi connectivity index (χ4n) is 5.23. The molecule has 0 radical (unpaired) electrons. The molecule has 1 aromatic heterocycles. The van der Waals surface area contributed by atoms with Crippen LogP contribution in [0.4, 0.5) is 4.39 Å². The van der Waals surface area contributed by atoms with Crippen molar-refractivity contribution < 1.29 is 23.4 Å². The van der Waals surface area contributed by atoms with E-state index in [1.807, 2.05) is 85.8 Å². The molecule has 0 amide bonds. The molecule has 1 aliphatic rings. The molecule has 7 nitrogen and oxygen atoms in total. The first-order valence-electron chi connectivity index (χ1n) is 14.9. The molecule has 0 saturated carbocycles. The average Bonchev–Trinajstić information content (AvgIpc) is 3.39. The van der Waals surface area contributed by atoms with Gasteiger partial charge in [0.1, 0.15) is 23.9 Å².